The fourth-order valence-corrected chi connectivity index (χ4v) is 1.58. The molecule has 0 saturated heterocycles. The van der Waals surface area contributed by atoms with E-state index in [0.717, 1.165) is 5.56 Å². The second kappa shape index (κ2) is 3.89. The van der Waals surface area contributed by atoms with Crippen LogP contribution >= 0.6 is 0 Å². The van der Waals surface area contributed by atoms with Gasteiger partial charge in [-0.25, -0.2) is 0 Å². The standard InChI is InChI=1S/C11H11N3O3/c1-6-3-4-8(14(15)16)5-9(6)10-7(2)11(12)17-13-10/h3-5H,12H2,1-2H3. The van der Waals surface area contributed by atoms with Crippen LogP contribution in [0.5, 0.6) is 0 Å². The van der Waals surface area contributed by atoms with Gasteiger partial charge in [-0.05, 0) is 19.4 Å². The first-order valence-corrected chi connectivity index (χ1v) is 4.98. The van der Waals surface area contributed by atoms with E-state index in [0.29, 0.717) is 16.8 Å². The topological polar surface area (TPSA) is 95.2 Å². The van der Waals surface area contributed by atoms with Crippen molar-refractivity contribution in [3.8, 4) is 11.3 Å². The lowest BCUT2D eigenvalue weighted by Crippen LogP contribution is -1.92. The van der Waals surface area contributed by atoms with Crippen LogP contribution in [-0.2, 0) is 0 Å². The molecule has 1 aromatic heterocycles. The molecule has 2 rings (SSSR count). The highest BCUT2D eigenvalue weighted by Gasteiger charge is 2.16. The van der Waals surface area contributed by atoms with E-state index in [9.17, 15) is 10.1 Å². The molecule has 6 nitrogen and oxygen atoms in total. The number of hydrogen-bond donors (Lipinski definition) is 1. The molecule has 0 aliphatic rings. The number of anilines is 1. The molecule has 1 aromatic carbocycles. The number of nitrogens with two attached hydrogens (primary N) is 1. The number of nitrogen functional groups attached to an aromatic ring is 1. The fraction of sp³-hybridized carbons (Fsp3) is 0.182. The fourth-order valence-electron chi connectivity index (χ4n) is 1.58. The molecule has 6 heteroatoms. The third-order valence-electron chi connectivity index (χ3n) is 2.65. The second-order valence-electron chi connectivity index (χ2n) is 3.78. The average molecular weight is 233 g/mol. The molecule has 0 saturated carbocycles. The van der Waals surface area contributed by atoms with Crippen LogP contribution in [-0.4, -0.2) is 10.1 Å². The molecule has 0 radical (unpaired) electrons. The van der Waals surface area contributed by atoms with Crippen LogP contribution in [0.15, 0.2) is 22.7 Å². The number of hydrogen-bond acceptors (Lipinski definition) is 5. The maximum Gasteiger partial charge on any atom is 0.270 e. The molecule has 0 atom stereocenters. The number of benzene rings is 1. The Morgan fingerprint density at radius 2 is 2.12 bits per heavy atom. The Kier molecular flexibility index (Phi) is 2.55. The average Bonchev–Trinajstić information content (AvgIpc) is 2.60. The van der Waals surface area contributed by atoms with Crippen LogP contribution < -0.4 is 5.73 Å². The number of nitro benzene ring substituents is 1. The van der Waals surface area contributed by atoms with E-state index in [4.69, 9.17) is 10.3 Å². The van der Waals surface area contributed by atoms with Crippen molar-refractivity contribution < 1.29 is 9.45 Å². The van der Waals surface area contributed by atoms with E-state index >= 15 is 0 Å². The van der Waals surface area contributed by atoms with Crippen molar-refractivity contribution in [2.75, 3.05) is 5.73 Å². The molecule has 2 N–H and O–H groups in total. The van der Waals surface area contributed by atoms with Gasteiger partial charge in [-0.1, -0.05) is 11.2 Å². The van der Waals surface area contributed by atoms with Crippen molar-refractivity contribution in [1.82, 2.24) is 5.16 Å². The molecular weight excluding hydrogens is 222 g/mol. The van der Waals surface area contributed by atoms with E-state index in [1.807, 2.05) is 6.92 Å². The van der Waals surface area contributed by atoms with Gasteiger partial charge in [0.15, 0.2) is 0 Å². The van der Waals surface area contributed by atoms with E-state index in [1.54, 1.807) is 13.0 Å². The van der Waals surface area contributed by atoms with Crippen LogP contribution in [0, 0.1) is 24.0 Å². The van der Waals surface area contributed by atoms with Gasteiger partial charge in [-0.15, -0.1) is 0 Å². The summed E-state index contributed by atoms with van der Waals surface area (Å²) >= 11 is 0. The van der Waals surface area contributed by atoms with Crippen LogP contribution in [0.25, 0.3) is 11.3 Å². The van der Waals surface area contributed by atoms with E-state index in [-0.39, 0.29) is 11.6 Å². The highest BCUT2D eigenvalue weighted by Crippen LogP contribution is 2.31. The lowest BCUT2D eigenvalue weighted by Gasteiger charge is -2.02. The van der Waals surface area contributed by atoms with Crippen LogP contribution in [0.2, 0.25) is 0 Å². The Bertz CT molecular complexity index is 590. The largest absolute Gasteiger partial charge is 0.367 e. The van der Waals surface area contributed by atoms with Gasteiger partial charge >= 0.3 is 0 Å². The predicted octanol–water partition coefficient (Wildman–Crippen LogP) is 2.45. The first-order chi connectivity index (χ1) is 8.00. The van der Waals surface area contributed by atoms with Crippen molar-refractivity contribution in [3.63, 3.8) is 0 Å². The molecule has 0 aliphatic carbocycles. The van der Waals surface area contributed by atoms with Gasteiger partial charge < -0.3 is 10.3 Å². The summed E-state index contributed by atoms with van der Waals surface area (Å²) in [7, 11) is 0. The number of nitrogens with zero attached hydrogens (tertiary/aromatic N) is 2. The SMILES string of the molecule is Cc1ccc([N+](=O)[O-])cc1-c1noc(N)c1C. The molecule has 0 aliphatic heterocycles. The van der Waals surface area contributed by atoms with Gasteiger partial charge in [0.1, 0.15) is 5.69 Å². The molecule has 2 aromatic rings. The van der Waals surface area contributed by atoms with Crippen molar-refractivity contribution in [2.24, 2.45) is 0 Å². The zero-order valence-corrected chi connectivity index (χ0v) is 9.43. The number of nitro groups is 1. The smallest absolute Gasteiger partial charge is 0.270 e. The number of non-ortho nitro benzene ring substituents is 1. The molecule has 0 bridgehead atoms. The lowest BCUT2D eigenvalue weighted by atomic mass is 10.0. The Morgan fingerprint density at radius 1 is 1.41 bits per heavy atom. The summed E-state index contributed by atoms with van der Waals surface area (Å²) in [5, 5.41) is 14.5. The summed E-state index contributed by atoms with van der Waals surface area (Å²) in [5.41, 5.74) is 8.36. The van der Waals surface area contributed by atoms with Gasteiger partial charge in [0.2, 0.25) is 5.88 Å². The first kappa shape index (κ1) is 11.1. The summed E-state index contributed by atoms with van der Waals surface area (Å²) < 4.78 is 4.86. The number of aromatic nitrogens is 1. The monoisotopic (exact) mass is 233 g/mol. The van der Waals surface area contributed by atoms with Crippen LogP contribution in [0.4, 0.5) is 11.6 Å². The van der Waals surface area contributed by atoms with E-state index in [2.05, 4.69) is 5.16 Å². The normalized spacial score (nSPS) is 10.5. The molecule has 88 valence electrons. The van der Waals surface area contributed by atoms with E-state index in [1.165, 1.54) is 12.1 Å². The second-order valence-corrected chi connectivity index (χ2v) is 3.78. The van der Waals surface area contributed by atoms with E-state index < -0.39 is 4.92 Å². The van der Waals surface area contributed by atoms with Crippen molar-refractivity contribution in [1.29, 1.82) is 0 Å². The minimum atomic E-state index is -0.443. The van der Waals surface area contributed by atoms with Gasteiger partial charge in [0.25, 0.3) is 5.69 Å². The Balaban J connectivity index is 2.62. The maximum atomic E-state index is 10.7. The molecule has 1 heterocycles. The highest BCUT2D eigenvalue weighted by atomic mass is 16.6. The Hall–Kier alpha value is -2.37. The van der Waals surface area contributed by atoms with Crippen LogP contribution in [0.3, 0.4) is 0 Å². The molecule has 17 heavy (non-hydrogen) atoms. The summed E-state index contributed by atoms with van der Waals surface area (Å²) in [6.07, 6.45) is 0. The minimum absolute atomic E-state index is 0.0200. The van der Waals surface area contributed by atoms with Gasteiger partial charge in [0.05, 0.1) is 4.92 Å². The van der Waals surface area contributed by atoms with Crippen molar-refractivity contribution in [3.05, 3.63) is 39.4 Å². The first-order valence-electron chi connectivity index (χ1n) is 4.98. The van der Waals surface area contributed by atoms with Gasteiger partial charge in [-0.2, -0.15) is 0 Å². The molecule has 0 spiro atoms. The van der Waals surface area contributed by atoms with Gasteiger partial charge in [0, 0.05) is 23.3 Å². The lowest BCUT2D eigenvalue weighted by molar-refractivity contribution is -0.384. The number of aryl methyl sites for hydroxylation is 1. The van der Waals surface area contributed by atoms with Crippen molar-refractivity contribution in [2.45, 2.75) is 13.8 Å². The Labute approximate surface area is 97.2 Å². The zero-order valence-electron chi connectivity index (χ0n) is 9.43. The zero-order chi connectivity index (χ0) is 12.6. The Morgan fingerprint density at radius 3 is 2.65 bits per heavy atom. The maximum absolute atomic E-state index is 10.7. The predicted molar refractivity (Wildman–Crippen MR) is 62.5 cm³/mol. The summed E-state index contributed by atoms with van der Waals surface area (Å²) in [6, 6.07) is 4.61. The van der Waals surface area contributed by atoms with Gasteiger partial charge in [-0.3, -0.25) is 10.1 Å². The molecule has 0 amide bonds. The number of rotatable bonds is 2. The quantitative estimate of drug-likeness (QED) is 0.634. The summed E-state index contributed by atoms with van der Waals surface area (Å²) in [4.78, 5) is 10.3. The molecule has 0 fully saturated rings. The third-order valence-corrected chi connectivity index (χ3v) is 2.65. The highest BCUT2D eigenvalue weighted by molar-refractivity contribution is 5.71. The molecular formula is C11H11N3O3. The van der Waals surface area contributed by atoms with Crippen LogP contribution in [0.1, 0.15) is 11.1 Å². The molecule has 0 unspecified atom stereocenters. The summed E-state index contributed by atoms with van der Waals surface area (Å²) in [5.74, 6) is 0.228. The third kappa shape index (κ3) is 1.84. The van der Waals surface area contributed by atoms with Crippen molar-refractivity contribution >= 4 is 11.6 Å². The minimum Gasteiger partial charge on any atom is -0.367 e. The summed E-state index contributed by atoms with van der Waals surface area (Å²) in [6.45, 7) is 3.61.